The zero-order chi connectivity index (χ0) is 23.0. The molecule has 0 aromatic carbocycles. The highest BCUT2D eigenvalue weighted by molar-refractivity contribution is 8.00. The van der Waals surface area contributed by atoms with Crippen LogP contribution in [0.3, 0.4) is 0 Å². The Hall–Kier alpha value is -1.87. The molecule has 0 saturated carbocycles. The number of unbranched alkanes of at least 4 members (excludes halogenated alkanes) is 1. The van der Waals surface area contributed by atoms with Crippen molar-refractivity contribution < 1.29 is 23.9 Å². The number of hydrogen-bond donors (Lipinski definition) is 0. The topological polar surface area (TPSA) is 84.0 Å². The van der Waals surface area contributed by atoms with Gasteiger partial charge in [-0.3, -0.25) is 24.1 Å². The number of nitrogens with zero attached hydrogens (tertiary/aromatic N) is 2. The van der Waals surface area contributed by atoms with Gasteiger partial charge in [-0.2, -0.15) is 0 Å². The summed E-state index contributed by atoms with van der Waals surface area (Å²) in [5, 5.41) is 2.29. The van der Waals surface area contributed by atoms with Crippen LogP contribution in [0.2, 0.25) is 0 Å². The van der Waals surface area contributed by atoms with E-state index in [-0.39, 0.29) is 41.7 Å². The van der Waals surface area contributed by atoms with Crippen molar-refractivity contribution in [3.63, 3.8) is 0 Å². The lowest BCUT2D eigenvalue weighted by atomic mass is 9.80. The lowest BCUT2D eigenvalue weighted by Gasteiger charge is -2.56. The van der Waals surface area contributed by atoms with Crippen molar-refractivity contribution in [3.8, 4) is 0 Å². The second-order valence-corrected chi connectivity index (χ2v) is 11.1. The van der Waals surface area contributed by atoms with E-state index >= 15 is 0 Å². The first-order valence-electron chi connectivity index (χ1n) is 10.5. The Labute approximate surface area is 191 Å². The van der Waals surface area contributed by atoms with Gasteiger partial charge in [-0.1, -0.05) is 13.3 Å². The number of carbonyl (C=O) groups is 4. The van der Waals surface area contributed by atoms with E-state index in [1.807, 2.05) is 24.4 Å². The third-order valence-corrected chi connectivity index (χ3v) is 7.88. The van der Waals surface area contributed by atoms with E-state index in [4.69, 9.17) is 4.74 Å². The number of carbonyl (C=O) groups excluding carboxylic acids is 4. The van der Waals surface area contributed by atoms with E-state index in [2.05, 4.69) is 0 Å². The summed E-state index contributed by atoms with van der Waals surface area (Å²) in [5.74, 6) is -0.940. The fourth-order valence-electron chi connectivity index (χ4n) is 3.91. The van der Waals surface area contributed by atoms with Crippen LogP contribution in [0.15, 0.2) is 17.5 Å². The van der Waals surface area contributed by atoms with E-state index < -0.39 is 23.0 Å². The number of ether oxygens (including phenoxy) is 1. The van der Waals surface area contributed by atoms with Crippen LogP contribution in [0.5, 0.6) is 0 Å². The fourth-order valence-corrected chi connectivity index (χ4v) is 6.32. The van der Waals surface area contributed by atoms with Crippen LogP contribution >= 0.6 is 23.1 Å². The van der Waals surface area contributed by atoms with Crippen molar-refractivity contribution in [2.75, 3.05) is 17.2 Å². The number of amides is 2. The van der Waals surface area contributed by atoms with Gasteiger partial charge in [-0.15, -0.1) is 23.1 Å². The second-order valence-electron chi connectivity index (χ2n) is 9.06. The van der Waals surface area contributed by atoms with Gasteiger partial charge < -0.3 is 9.64 Å². The number of rotatable bonds is 7. The maximum absolute atomic E-state index is 13.2. The standard InChI is InChI=1S/C22H30N2O5S2/c1-6-7-9-15(26)22(20(28)29-21(3,4)5)12-23-18(27)17(19(23)31-13-22)24(14(2)25)16-10-8-11-30-16/h8,10-11,17,19H,6-7,9,12-13H2,1-5H3/t17?,19-,22?/m1/s1. The summed E-state index contributed by atoms with van der Waals surface area (Å²) in [7, 11) is 0. The van der Waals surface area contributed by atoms with Gasteiger partial charge in [-0.25, -0.2) is 0 Å². The van der Waals surface area contributed by atoms with Gasteiger partial charge in [0.05, 0.1) is 5.00 Å². The Morgan fingerprint density at radius 2 is 2.03 bits per heavy atom. The molecule has 0 bridgehead atoms. The summed E-state index contributed by atoms with van der Waals surface area (Å²) in [6.07, 6.45) is 1.80. The predicted octanol–water partition coefficient (Wildman–Crippen LogP) is 3.47. The molecule has 2 aliphatic heterocycles. The summed E-state index contributed by atoms with van der Waals surface area (Å²) in [5.41, 5.74) is -2.10. The van der Waals surface area contributed by atoms with Crippen LogP contribution in [-0.2, 0) is 23.9 Å². The average Bonchev–Trinajstić information content (AvgIpc) is 3.21. The fraction of sp³-hybridized carbons (Fsp3) is 0.636. The van der Waals surface area contributed by atoms with Crippen LogP contribution in [0.1, 0.15) is 53.9 Å². The van der Waals surface area contributed by atoms with Crippen LogP contribution in [0.4, 0.5) is 5.00 Å². The van der Waals surface area contributed by atoms with Gasteiger partial charge >= 0.3 is 5.97 Å². The molecule has 2 amide bonds. The van der Waals surface area contributed by atoms with Crippen molar-refractivity contribution in [1.82, 2.24) is 4.90 Å². The molecule has 3 atom stereocenters. The van der Waals surface area contributed by atoms with E-state index in [0.29, 0.717) is 11.4 Å². The Morgan fingerprint density at radius 1 is 1.32 bits per heavy atom. The molecule has 0 radical (unpaired) electrons. The number of Topliss-reactive ketones (excluding diaryl/α,β-unsaturated/α-hetero) is 1. The lowest BCUT2D eigenvalue weighted by molar-refractivity contribution is -0.173. The number of thioether (sulfide) groups is 1. The molecule has 3 rings (SSSR count). The number of esters is 1. The molecule has 2 fully saturated rings. The largest absolute Gasteiger partial charge is 0.459 e. The monoisotopic (exact) mass is 466 g/mol. The minimum absolute atomic E-state index is 0.00759. The summed E-state index contributed by atoms with van der Waals surface area (Å²) in [6, 6.07) is 3.03. The van der Waals surface area contributed by atoms with E-state index in [1.165, 1.54) is 34.9 Å². The maximum atomic E-state index is 13.2. The molecule has 1 aromatic rings. The maximum Gasteiger partial charge on any atom is 0.322 e. The Kier molecular flexibility index (Phi) is 6.86. The summed E-state index contributed by atoms with van der Waals surface area (Å²) in [6.45, 7) is 8.75. The number of hydrogen-bond acceptors (Lipinski definition) is 7. The number of thiophene rings is 1. The van der Waals surface area contributed by atoms with Gasteiger partial charge in [0.1, 0.15) is 17.0 Å². The highest BCUT2D eigenvalue weighted by atomic mass is 32.2. The molecular formula is C22H30N2O5S2. The number of anilines is 1. The van der Waals surface area contributed by atoms with Crippen LogP contribution in [-0.4, -0.2) is 57.8 Å². The smallest absolute Gasteiger partial charge is 0.322 e. The van der Waals surface area contributed by atoms with Crippen molar-refractivity contribution >= 4 is 51.7 Å². The summed E-state index contributed by atoms with van der Waals surface area (Å²) >= 11 is 2.79. The third kappa shape index (κ3) is 4.53. The van der Waals surface area contributed by atoms with Gasteiger partial charge in [0.25, 0.3) is 0 Å². The van der Waals surface area contributed by atoms with Crippen LogP contribution in [0, 0.1) is 5.41 Å². The zero-order valence-corrected chi connectivity index (χ0v) is 20.3. The summed E-state index contributed by atoms with van der Waals surface area (Å²) in [4.78, 5) is 54.9. The first-order chi connectivity index (χ1) is 14.5. The highest BCUT2D eigenvalue weighted by Crippen LogP contribution is 2.47. The predicted molar refractivity (Wildman–Crippen MR) is 122 cm³/mol. The molecule has 7 nitrogen and oxygen atoms in total. The molecule has 0 aliphatic carbocycles. The van der Waals surface area contributed by atoms with Gasteiger partial charge in [0, 0.05) is 25.6 Å². The minimum Gasteiger partial charge on any atom is -0.459 e. The lowest BCUT2D eigenvalue weighted by Crippen LogP contribution is -2.75. The van der Waals surface area contributed by atoms with E-state index in [1.54, 1.807) is 25.7 Å². The minimum atomic E-state index is -1.37. The quantitative estimate of drug-likeness (QED) is 0.348. The number of ketones is 1. The average molecular weight is 467 g/mol. The van der Waals surface area contributed by atoms with Crippen LogP contribution in [0.25, 0.3) is 0 Å². The first kappa shape index (κ1) is 23.8. The molecule has 170 valence electrons. The number of fused-ring (bicyclic) bond motifs is 1. The number of β-lactam (4-membered cyclic amide) rings is 1. The normalized spacial score (nSPS) is 25.5. The second kappa shape index (κ2) is 8.94. The molecule has 2 aliphatic rings. The van der Waals surface area contributed by atoms with Crippen molar-refractivity contribution in [2.24, 2.45) is 5.41 Å². The Morgan fingerprint density at radius 3 is 2.58 bits per heavy atom. The molecule has 2 saturated heterocycles. The molecule has 2 unspecified atom stereocenters. The zero-order valence-electron chi connectivity index (χ0n) is 18.7. The van der Waals surface area contributed by atoms with Crippen molar-refractivity contribution in [1.29, 1.82) is 0 Å². The Bertz CT molecular complexity index is 864. The van der Waals surface area contributed by atoms with Crippen molar-refractivity contribution in [3.05, 3.63) is 17.5 Å². The molecule has 0 N–H and O–H groups in total. The first-order valence-corrected chi connectivity index (χ1v) is 12.5. The van der Waals surface area contributed by atoms with Gasteiger partial charge in [-0.05, 0) is 44.7 Å². The van der Waals surface area contributed by atoms with Crippen molar-refractivity contribution in [2.45, 2.75) is 70.9 Å². The molecular weight excluding hydrogens is 436 g/mol. The summed E-state index contributed by atoms with van der Waals surface area (Å²) < 4.78 is 5.62. The molecule has 1 aromatic heterocycles. The molecule has 0 spiro atoms. The third-order valence-electron chi connectivity index (χ3n) is 5.50. The van der Waals surface area contributed by atoms with Gasteiger partial charge in [0.2, 0.25) is 11.8 Å². The molecule has 9 heteroatoms. The van der Waals surface area contributed by atoms with E-state index in [9.17, 15) is 19.2 Å². The molecule has 31 heavy (non-hydrogen) atoms. The highest BCUT2D eigenvalue weighted by Gasteiger charge is 2.62. The van der Waals surface area contributed by atoms with Crippen LogP contribution < -0.4 is 4.90 Å². The Balaban J connectivity index is 1.86. The van der Waals surface area contributed by atoms with Gasteiger partial charge in [0.15, 0.2) is 11.2 Å². The molecule has 3 heterocycles. The van der Waals surface area contributed by atoms with E-state index in [0.717, 1.165) is 6.42 Å². The SMILES string of the molecule is CCCCC(=O)C1(C(=O)OC(C)(C)C)CS[C@@H]2C(N(C(C)=O)c3cccs3)C(=O)N2C1.